The van der Waals surface area contributed by atoms with Gasteiger partial charge < -0.3 is 0 Å². The van der Waals surface area contributed by atoms with E-state index < -0.39 is 0 Å². The molecule has 2 aliphatic carbocycles. The first-order valence-corrected chi connectivity index (χ1v) is 5.30. The lowest BCUT2D eigenvalue weighted by atomic mass is 9.69. The SMILES string of the molecule is CC1CCC(Cl)=CC12C=CC(=O)C=C2. The standard InChI is InChI=1S/C12H13ClO/c1-9-2-3-10(13)8-12(9)6-4-11(14)5-7-12/h4-9H,2-3H2,1H3. The fourth-order valence-electron chi connectivity index (χ4n) is 2.08. The first-order valence-electron chi connectivity index (χ1n) is 4.92. The summed E-state index contributed by atoms with van der Waals surface area (Å²) in [5, 5.41) is 0.909. The highest BCUT2D eigenvalue weighted by atomic mass is 35.5. The molecular formula is C12H13ClO. The Morgan fingerprint density at radius 3 is 2.71 bits per heavy atom. The fraction of sp³-hybridized carbons (Fsp3) is 0.417. The van der Waals surface area contributed by atoms with Crippen molar-refractivity contribution in [1.29, 1.82) is 0 Å². The van der Waals surface area contributed by atoms with Crippen LogP contribution >= 0.6 is 11.6 Å². The molecule has 1 unspecified atom stereocenters. The fourth-order valence-corrected chi connectivity index (χ4v) is 2.38. The quantitative estimate of drug-likeness (QED) is 0.598. The summed E-state index contributed by atoms with van der Waals surface area (Å²) < 4.78 is 0. The summed E-state index contributed by atoms with van der Waals surface area (Å²) in [5.74, 6) is 0.587. The minimum atomic E-state index is -0.108. The summed E-state index contributed by atoms with van der Waals surface area (Å²) in [7, 11) is 0. The molecule has 0 radical (unpaired) electrons. The Hall–Kier alpha value is -0.820. The highest BCUT2D eigenvalue weighted by molar-refractivity contribution is 6.29. The van der Waals surface area contributed by atoms with Crippen molar-refractivity contribution in [2.45, 2.75) is 19.8 Å². The maximum atomic E-state index is 11.0. The first-order chi connectivity index (χ1) is 6.62. The average Bonchev–Trinajstić information content (AvgIpc) is 2.17. The summed E-state index contributed by atoms with van der Waals surface area (Å²) in [4.78, 5) is 11.0. The van der Waals surface area contributed by atoms with Crippen molar-refractivity contribution >= 4 is 17.4 Å². The molecule has 0 aromatic carbocycles. The van der Waals surface area contributed by atoms with Gasteiger partial charge >= 0.3 is 0 Å². The predicted octanol–water partition coefficient (Wildman–Crippen LogP) is 3.22. The maximum absolute atomic E-state index is 11.0. The minimum Gasteiger partial charge on any atom is -0.290 e. The van der Waals surface area contributed by atoms with E-state index in [0.29, 0.717) is 5.92 Å². The van der Waals surface area contributed by atoms with Gasteiger partial charge in [-0.25, -0.2) is 0 Å². The number of ketones is 1. The van der Waals surface area contributed by atoms with Crippen molar-refractivity contribution in [2.75, 3.05) is 0 Å². The molecule has 1 spiro atoms. The molecule has 0 N–H and O–H groups in total. The summed E-state index contributed by atoms with van der Waals surface area (Å²) in [6.07, 6.45) is 11.3. The summed E-state index contributed by atoms with van der Waals surface area (Å²) in [5.41, 5.74) is -0.108. The van der Waals surface area contributed by atoms with E-state index in [1.54, 1.807) is 12.2 Å². The number of rotatable bonds is 0. The average molecular weight is 209 g/mol. The van der Waals surface area contributed by atoms with E-state index in [1.165, 1.54) is 0 Å². The summed E-state index contributed by atoms with van der Waals surface area (Å²) in [6, 6.07) is 0. The lowest BCUT2D eigenvalue weighted by Crippen LogP contribution is -2.27. The molecule has 2 rings (SSSR count). The Balaban J connectivity index is 2.39. The molecule has 2 aliphatic rings. The Morgan fingerprint density at radius 2 is 2.07 bits per heavy atom. The molecule has 0 aromatic heterocycles. The third-order valence-electron chi connectivity index (χ3n) is 3.15. The zero-order valence-electron chi connectivity index (χ0n) is 8.16. The van der Waals surface area contributed by atoms with Crippen molar-refractivity contribution < 1.29 is 4.79 Å². The molecule has 0 amide bonds. The van der Waals surface area contributed by atoms with Crippen LogP contribution in [0.2, 0.25) is 0 Å². The number of allylic oxidation sites excluding steroid dienone is 6. The molecule has 0 heterocycles. The second-order valence-corrected chi connectivity index (χ2v) is 4.59. The van der Waals surface area contributed by atoms with E-state index in [-0.39, 0.29) is 11.2 Å². The van der Waals surface area contributed by atoms with Crippen LogP contribution in [0.3, 0.4) is 0 Å². The number of halogens is 1. The van der Waals surface area contributed by atoms with Crippen molar-refractivity contribution in [1.82, 2.24) is 0 Å². The van der Waals surface area contributed by atoms with Crippen LogP contribution in [0.1, 0.15) is 19.8 Å². The molecular weight excluding hydrogens is 196 g/mol. The molecule has 0 saturated heterocycles. The van der Waals surface area contributed by atoms with Gasteiger partial charge in [0.05, 0.1) is 0 Å². The van der Waals surface area contributed by atoms with Crippen molar-refractivity contribution in [2.24, 2.45) is 11.3 Å². The smallest absolute Gasteiger partial charge is 0.178 e. The Morgan fingerprint density at radius 1 is 1.43 bits per heavy atom. The topological polar surface area (TPSA) is 17.1 Å². The van der Waals surface area contributed by atoms with Gasteiger partial charge in [0, 0.05) is 10.4 Å². The lowest BCUT2D eigenvalue weighted by Gasteiger charge is -2.36. The number of carbonyl (C=O) groups is 1. The van der Waals surface area contributed by atoms with Crippen LogP contribution in [0.5, 0.6) is 0 Å². The van der Waals surface area contributed by atoms with Crippen LogP contribution in [0, 0.1) is 11.3 Å². The van der Waals surface area contributed by atoms with Crippen molar-refractivity contribution in [3.63, 3.8) is 0 Å². The van der Waals surface area contributed by atoms with Crippen LogP contribution in [0.15, 0.2) is 35.4 Å². The van der Waals surface area contributed by atoms with E-state index >= 15 is 0 Å². The molecule has 0 bridgehead atoms. The molecule has 1 atom stereocenters. The van der Waals surface area contributed by atoms with Gasteiger partial charge in [-0.2, -0.15) is 0 Å². The Kier molecular flexibility index (Phi) is 2.36. The summed E-state index contributed by atoms with van der Waals surface area (Å²) in [6.45, 7) is 2.20. The second kappa shape index (κ2) is 3.39. The molecule has 2 heteroatoms. The second-order valence-electron chi connectivity index (χ2n) is 4.10. The van der Waals surface area contributed by atoms with E-state index in [2.05, 4.69) is 13.0 Å². The maximum Gasteiger partial charge on any atom is 0.178 e. The molecule has 0 saturated carbocycles. The lowest BCUT2D eigenvalue weighted by molar-refractivity contribution is -0.110. The predicted molar refractivity (Wildman–Crippen MR) is 58.1 cm³/mol. The molecule has 0 aliphatic heterocycles. The van der Waals surface area contributed by atoms with Gasteiger partial charge in [-0.05, 0) is 30.9 Å². The molecule has 14 heavy (non-hydrogen) atoms. The Bertz CT molecular complexity index is 333. The number of carbonyl (C=O) groups excluding carboxylic acids is 1. The van der Waals surface area contributed by atoms with Crippen LogP contribution < -0.4 is 0 Å². The van der Waals surface area contributed by atoms with Gasteiger partial charge in [0.15, 0.2) is 5.78 Å². The zero-order chi connectivity index (χ0) is 10.2. The normalized spacial score (nSPS) is 29.4. The van der Waals surface area contributed by atoms with Crippen LogP contribution in [-0.2, 0) is 4.79 Å². The van der Waals surface area contributed by atoms with Crippen LogP contribution in [-0.4, -0.2) is 5.78 Å². The van der Waals surface area contributed by atoms with Gasteiger partial charge in [0.1, 0.15) is 0 Å². The van der Waals surface area contributed by atoms with Gasteiger partial charge in [-0.1, -0.05) is 36.8 Å². The first kappa shape index (κ1) is 9.72. The van der Waals surface area contributed by atoms with E-state index in [4.69, 9.17) is 11.6 Å². The van der Waals surface area contributed by atoms with Crippen molar-refractivity contribution in [3.05, 3.63) is 35.4 Å². The number of hydrogen-bond donors (Lipinski definition) is 0. The minimum absolute atomic E-state index is 0.0675. The molecule has 0 aromatic rings. The Labute approximate surface area is 89.1 Å². The van der Waals surface area contributed by atoms with Gasteiger partial charge in [-0.15, -0.1) is 0 Å². The molecule has 1 nitrogen and oxygen atoms in total. The highest BCUT2D eigenvalue weighted by Gasteiger charge is 2.33. The molecule has 74 valence electrons. The summed E-state index contributed by atoms with van der Waals surface area (Å²) >= 11 is 6.05. The van der Waals surface area contributed by atoms with Gasteiger partial charge in [-0.3, -0.25) is 4.79 Å². The van der Waals surface area contributed by atoms with E-state index in [0.717, 1.165) is 17.9 Å². The third-order valence-corrected chi connectivity index (χ3v) is 3.45. The number of hydrogen-bond acceptors (Lipinski definition) is 1. The van der Waals surface area contributed by atoms with Gasteiger partial charge in [0.25, 0.3) is 0 Å². The van der Waals surface area contributed by atoms with Crippen LogP contribution in [0.4, 0.5) is 0 Å². The van der Waals surface area contributed by atoms with Gasteiger partial charge in [0.2, 0.25) is 0 Å². The van der Waals surface area contributed by atoms with E-state index in [9.17, 15) is 4.79 Å². The van der Waals surface area contributed by atoms with Crippen molar-refractivity contribution in [3.8, 4) is 0 Å². The monoisotopic (exact) mass is 208 g/mol. The highest BCUT2D eigenvalue weighted by Crippen LogP contribution is 2.43. The van der Waals surface area contributed by atoms with E-state index in [1.807, 2.05) is 12.2 Å². The third kappa shape index (κ3) is 1.57. The largest absolute Gasteiger partial charge is 0.290 e. The van der Waals surface area contributed by atoms with Crippen LogP contribution in [0.25, 0.3) is 0 Å². The zero-order valence-corrected chi connectivity index (χ0v) is 8.92. The molecule has 0 fully saturated rings.